The molecular weight excluding hydrogens is 188 g/mol. The lowest BCUT2D eigenvalue weighted by Crippen LogP contribution is -2.47. The maximum absolute atomic E-state index is 10.7. The molecule has 0 radical (unpaired) electrons. The second kappa shape index (κ2) is 5.01. The monoisotopic (exact) mass is 204 g/mol. The van der Waals surface area contributed by atoms with Crippen LogP contribution in [0.3, 0.4) is 0 Å². The van der Waals surface area contributed by atoms with Crippen molar-refractivity contribution in [1.29, 1.82) is 0 Å². The van der Waals surface area contributed by atoms with Crippen molar-refractivity contribution in [3.05, 3.63) is 0 Å². The van der Waals surface area contributed by atoms with E-state index in [1.54, 1.807) is 0 Å². The van der Waals surface area contributed by atoms with Crippen LogP contribution < -0.4 is 10.6 Å². The van der Waals surface area contributed by atoms with Crippen molar-refractivity contribution in [3.63, 3.8) is 0 Å². The molecule has 13 heavy (non-hydrogen) atoms. The van der Waals surface area contributed by atoms with Crippen LogP contribution in [-0.2, 0) is 9.53 Å². The van der Waals surface area contributed by atoms with Crippen molar-refractivity contribution >= 4 is 23.3 Å². The van der Waals surface area contributed by atoms with Gasteiger partial charge in [0.15, 0.2) is 5.11 Å². The molecule has 0 fully saturated rings. The molecule has 0 aliphatic carbocycles. The Balaban J connectivity index is 3.71. The summed E-state index contributed by atoms with van der Waals surface area (Å²) in [7, 11) is 1.34. The van der Waals surface area contributed by atoms with E-state index >= 15 is 0 Å². The molecule has 2 N–H and O–H groups in total. The first-order chi connectivity index (χ1) is 5.85. The lowest BCUT2D eigenvalue weighted by Gasteiger charge is -2.22. The second-order valence-electron chi connectivity index (χ2n) is 3.63. The summed E-state index contributed by atoms with van der Waals surface area (Å²) in [4.78, 5) is 10.7. The molecule has 0 saturated carbocycles. The summed E-state index contributed by atoms with van der Waals surface area (Å²) >= 11 is 4.94. The topological polar surface area (TPSA) is 50.4 Å². The number of hydrogen-bond acceptors (Lipinski definition) is 3. The smallest absolute Gasteiger partial charge is 0.325 e. The van der Waals surface area contributed by atoms with Crippen LogP contribution in [0.4, 0.5) is 0 Å². The van der Waals surface area contributed by atoms with Gasteiger partial charge in [-0.15, -0.1) is 0 Å². The summed E-state index contributed by atoms with van der Waals surface area (Å²) in [6.45, 7) is 6.05. The first-order valence-corrected chi connectivity index (χ1v) is 4.39. The van der Waals surface area contributed by atoms with Gasteiger partial charge in [0.05, 0.1) is 7.11 Å². The molecule has 0 bridgehead atoms. The Morgan fingerprint density at radius 2 is 2.00 bits per heavy atom. The average molecular weight is 204 g/mol. The van der Waals surface area contributed by atoms with Crippen molar-refractivity contribution in [2.45, 2.75) is 26.3 Å². The molecule has 5 heteroatoms. The predicted octanol–water partition coefficient (Wildman–Crippen LogP) is 0.422. The number of hydrogen-bond donors (Lipinski definition) is 2. The highest BCUT2D eigenvalue weighted by atomic mass is 32.1. The van der Waals surface area contributed by atoms with Crippen molar-refractivity contribution in [3.8, 4) is 0 Å². The Morgan fingerprint density at radius 1 is 1.46 bits per heavy atom. The summed E-state index contributed by atoms with van der Waals surface area (Å²) in [5.74, 6) is -0.335. The summed E-state index contributed by atoms with van der Waals surface area (Å²) in [5, 5.41) is 6.20. The highest BCUT2D eigenvalue weighted by Crippen LogP contribution is 1.97. The van der Waals surface area contributed by atoms with Gasteiger partial charge in [-0.2, -0.15) is 0 Å². The van der Waals surface area contributed by atoms with Gasteiger partial charge in [0.1, 0.15) is 6.54 Å². The maximum Gasteiger partial charge on any atom is 0.325 e. The zero-order chi connectivity index (χ0) is 10.5. The molecule has 0 aromatic carbocycles. The van der Waals surface area contributed by atoms with Crippen LogP contribution in [0.5, 0.6) is 0 Å². The van der Waals surface area contributed by atoms with Crippen LogP contribution in [0.25, 0.3) is 0 Å². The normalized spacial score (nSPS) is 10.5. The Labute approximate surface area is 84.0 Å². The summed E-state index contributed by atoms with van der Waals surface area (Å²) in [6.07, 6.45) is 0. The maximum atomic E-state index is 10.7. The molecule has 0 amide bonds. The van der Waals surface area contributed by atoms with Gasteiger partial charge in [0.2, 0.25) is 0 Å². The minimum Gasteiger partial charge on any atom is -0.468 e. The minimum atomic E-state index is -0.335. The van der Waals surface area contributed by atoms with E-state index in [-0.39, 0.29) is 18.1 Å². The number of carbonyl (C=O) groups excluding carboxylic acids is 1. The van der Waals surface area contributed by atoms with Crippen molar-refractivity contribution in [2.75, 3.05) is 13.7 Å². The lowest BCUT2D eigenvalue weighted by atomic mass is 10.1. The zero-order valence-corrected chi connectivity index (χ0v) is 9.25. The molecule has 0 aliphatic rings. The fraction of sp³-hybridized carbons (Fsp3) is 0.750. The van der Waals surface area contributed by atoms with E-state index in [2.05, 4.69) is 15.4 Å². The molecule has 0 aliphatic heterocycles. The third kappa shape index (κ3) is 7.52. The minimum absolute atomic E-state index is 0.0956. The molecule has 0 aromatic heterocycles. The molecule has 0 atom stereocenters. The number of carbonyl (C=O) groups is 1. The molecule has 0 aromatic rings. The summed E-state index contributed by atoms with van der Waals surface area (Å²) < 4.78 is 4.44. The van der Waals surface area contributed by atoms with Gasteiger partial charge in [0.25, 0.3) is 0 Å². The number of ether oxygens (including phenoxy) is 1. The highest BCUT2D eigenvalue weighted by molar-refractivity contribution is 7.80. The lowest BCUT2D eigenvalue weighted by molar-refractivity contribution is -0.139. The number of rotatable bonds is 2. The van der Waals surface area contributed by atoms with Gasteiger partial charge < -0.3 is 15.4 Å². The SMILES string of the molecule is COC(=O)CNC(=S)NC(C)(C)C. The van der Waals surface area contributed by atoms with Crippen LogP contribution in [0.15, 0.2) is 0 Å². The molecule has 0 heterocycles. The van der Waals surface area contributed by atoms with Crippen LogP contribution >= 0.6 is 12.2 Å². The Bertz CT molecular complexity index is 199. The van der Waals surface area contributed by atoms with E-state index in [0.29, 0.717) is 5.11 Å². The van der Waals surface area contributed by atoms with Crippen molar-refractivity contribution in [2.24, 2.45) is 0 Å². The number of esters is 1. The number of methoxy groups -OCH3 is 1. The first kappa shape index (κ1) is 12.2. The molecule has 4 nitrogen and oxygen atoms in total. The van der Waals surface area contributed by atoms with Gasteiger partial charge >= 0.3 is 5.97 Å². The standard InChI is InChI=1S/C8H16N2O2S/c1-8(2,3)10-7(13)9-5-6(11)12-4/h5H2,1-4H3,(H2,9,10,13). The average Bonchev–Trinajstić information content (AvgIpc) is 1.97. The molecule has 0 spiro atoms. The third-order valence-electron chi connectivity index (χ3n) is 1.11. The van der Waals surface area contributed by atoms with Gasteiger partial charge in [-0.05, 0) is 33.0 Å². The first-order valence-electron chi connectivity index (χ1n) is 3.98. The Hall–Kier alpha value is -0.840. The van der Waals surface area contributed by atoms with Gasteiger partial charge in [0, 0.05) is 5.54 Å². The van der Waals surface area contributed by atoms with Crippen LogP contribution in [0.2, 0.25) is 0 Å². The van der Waals surface area contributed by atoms with E-state index < -0.39 is 0 Å². The Kier molecular flexibility index (Phi) is 4.69. The third-order valence-corrected chi connectivity index (χ3v) is 1.36. The second-order valence-corrected chi connectivity index (χ2v) is 4.04. The van der Waals surface area contributed by atoms with E-state index in [1.165, 1.54) is 7.11 Å². The van der Waals surface area contributed by atoms with Gasteiger partial charge in [-0.1, -0.05) is 0 Å². The molecule has 0 rings (SSSR count). The molecule has 0 saturated heterocycles. The fourth-order valence-electron chi connectivity index (χ4n) is 0.609. The van der Waals surface area contributed by atoms with Crippen molar-refractivity contribution in [1.82, 2.24) is 10.6 Å². The molecular formula is C8H16N2O2S. The predicted molar refractivity (Wildman–Crippen MR) is 55.5 cm³/mol. The molecule has 0 unspecified atom stereocenters. The van der Waals surface area contributed by atoms with Crippen LogP contribution in [-0.4, -0.2) is 30.3 Å². The summed E-state index contributed by atoms with van der Waals surface area (Å²) in [5.41, 5.74) is -0.0970. The van der Waals surface area contributed by atoms with E-state index in [1.807, 2.05) is 20.8 Å². The van der Waals surface area contributed by atoms with Crippen LogP contribution in [0, 0.1) is 0 Å². The van der Waals surface area contributed by atoms with E-state index in [9.17, 15) is 4.79 Å². The quantitative estimate of drug-likeness (QED) is 0.504. The fourth-order valence-corrected chi connectivity index (χ4v) is 0.988. The van der Waals surface area contributed by atoms with Gasteiger partial charge in [-0.3, -0.25) is 4.79 Å². The highest BCUT2D eigenvalue weighted by Gasteiger charge is 2.11. The summed E-state index contributed by atoms with van der Waals surface area (Å²) in [6, 6.07) is 0. The van der Waals surface area contributed by atoms with E-state index in [4.69, 9.17) is 12.2 Å². The number of nitrogens with one attached hydrogen (secondary N) is 2. The number of thiocarbonyl (C=S) groups is 1. The Morgan fingerprint density at radius 3 is 2.38 bits per heavy atom. The molecule has 76 valence electrons. The zero-order valence-electron chi connectivity index (χ0n) is 8.43. The van der Waals surface area contributed by atoms with E-state index in [0.717, 1.165) is 0 Å². The van der Waals surface area contributed by atoms with Gasteiger partial charge in [-0.25, -0.2) is 0 Å². The van der Waals surface area contributed by atoms with Crippen LogP contribution in [0.1, 0.15) is 20.8 Å². The van der Waals surface area contributed by atoms with Crippen molar-refractivity contribution < 1.29 is 9.53 Å². The largest absolute Gasteiger partial charge is 0.468 e.